The standard InChI is InChI=1S/C16H11FO3/c1-19-12-6-7-13-14(18)9-15(20-16(13)8-12)10-2-4-11(17)5-3-10/h2-9H,1H3. The van der Waals surface area contributed by atoms with Crippen LogP contribution in [0.25, 0.3) is 22.3 Å². The molecule has 0 radical (unpaired) electrons. The first-order valence-electron chi connectivity index (χ1n) is 6.05. The summed E-state index contributed by atoms with van der Waals surface area (Å²) in [5.74, 6) is 0.672. The number of halogens is 1. The minimum atomic E-state index is -0.335. The van der Waals surface area contributed by atoms with E-state index in [1.807, 2.05) is 0 Å². The van der Waals surface area contributed by atoms with Crippen LogP contribution in [0.2, 0.25) is 0 Å². The molecule has 3 nitrogen and oxygen atoms in total. The second-order valence-electron chi connectivity index (χ2n) is 4.34. The Hall–Kier alpha value is -2.62. The Morgan fingerprint density at radius 3 is 2.50 bits per heavy atom. The first kappa shape index (κ1) is 12.4. The Morgan fingerprint density at radius 1 is 1.05 bits per heavy atom. The van der Waals surface area contributed by atoms with Gasteiger partial charge in [0.1, 0.15) is 22.9 Å². The van der Waals surface area contributed by atoms with Crippen LogP contribution in [0.4, 0.5) is 4.39 Å². The molecule has 0 amide bonds. The van der Waals surface area contributed by atoms with Gasteiger partial charge < -0.3 is 9.15 Å². The number of benzene rings is 2. The summed E-state index contributed by atoms with van der Waals surface area (Å²) < 4.78 is 23.7. The predicted octanol–water partition coefficient (Wildman–Crippen LogP) is 3.61. The van der Waals surface area contributed by atoms with Crippen LogP contribution in [-0.4, -0.2) is 7.11 Å². The normalized spacial score (nSPS) is 10.7. The van der Waals surface area contributed by atoms with Gasteiger partial charge in [0.15, 0.2) is 5.43 Å². The smallest absolute Gasteiger partial charge is 0.193 e. The Bertz CT molecular complexity index is 819. The zero-order valence-electron chi connectivity index (χ0n) is 10.7. The highest BCUT2D eigenvalue weighted by Crippen LogP contribution is 2.24. The average Bonchev–Trinajstić information content (AvgIpc) is 2.47. The highest BCUT2D eigenvalue weighted by atomic mass is 19.1. The fraction of sp³-hybridized carbons (Fsp3) is 0.0625. The van der Waals surface area contributed by atoms with Gasteiger partial charge in [0.2, 0.25) is 0 Å². The van der Waals surface area contributed by atoms with E-state index in [0.717, 1.165) is 0 Å². The molecule has 0 fully saturated rings. The molecule has 2 aromatic carbocycles. The topological polar surface area (TPSA) is 39.4 Å². The summed E-state index contributed by atoms with van der Waals surface area (Å²) in [5, 5.41) is 0.483. The lowest BCUT2D eigenvalue weighted by atomic mass is 10.1. The summed E-state index contributed by atoms with van der Waals surface area (Å²) in [6.07, 6.45) is 0. The molecular formula is C16H11FO3. The lowest BCUT2D eigenvalue weighted by Gasteiger charge is -2.05. The van der Waals surface area contributed by atoms with E-state index in [0.29, 0.717) is 28.0 Å². The van der Waals surface area contributed by atoms with Gasteiger partial charge in [0, 0.05) is 17.7 Å². The molecule has 0 N–H and O–H groups in total. The van der Waals surface area contributed by atoms with E-state index < -0.39 is 0 Å². The minimum absolute atomic E-state index is 0.145. The number of rotatable bonds is 2. The van der Waals surface area contributed by atoms with Crippen molar-refractivity contribution in [3.8, 4) is 17.1 Å². The Balaban J connectivity index is 2.22. The van der Waals surface area contributed by atoms with Crippen molar-refractivity contribution in [1.29, 1.82) is 0 Å². The highest BCUT2D eigenvalue weighted by molar-refractivity contribution is 5.80. The molecule has 100 valence electrons. The lowest BCUT2D eigenvalue weighted by molar-refractivity contribution is 0.414. The molecule has 3 aromatic rings. The molecule has 0 aliphatic carbocycles. The van der Waals surface area contributed by atoms with E-state index in [-0.39, 0.29) is 11.2 Å². The molecular weight excluding hydrogens is 259 g/mol. The van der Waals surface area contributed by atoms with Crippen LogP contribution in [0, 0.1) is 5.82 Å². The van der Waals surface area contributed by atoms with E-state index in [1.165, 1.54) is 18.2 Å². The summed E-state index contributed by atoms with van der Waals surface area (Å²) in [7, 11) is 1.54. The van der Waals surface area contributed by atoms with Crippen LogP contribution < -0.4 is 10.2 Å². The molecule has 0 spiro atoms. The maximum absolute atomic E-state index is 12.9. The maximum atomic E-state index is 12.9. The first-order valence-corrected chi connectivity index (χ1v) is 6.05. The Kier molecular flexibility index (Phi) is 2.99. The lowest BCUT2D eigenvalue weighted by Crippen LogP contribution is -2.00. The Morgan fingerprint density at radius 2 is 1.80 bits per heavy atom. The number of ether oxygens (including phenoxy) is 1. The molecule has 0 unspecified atom stereocenters. The summed E-state index contributed by atoms with van der Waals surface area (Å²) in [6, 6.07) is 12.2. The molecule has 0 bridgehead atoms. The molecule has 1 heterocycles. The van der Waals surface area contributed by atoms with Crippen LogP contribution in [0.5, 0.6) is 5.75 Å². The van der Waals surface area contributed by atoms with E-state index >= 15 is 0 Å². The molecule has 0 aliphatic heterocycles. The van der Waals surface area contributed by atoms with Crippen molar-refractivity contribution in [3.05, 3.63) is 64.6 Å². The van der Waals surface area contributed by atoms with Gasteiger partial charge in [-0.25, -0.2) is 4.39 Å². The summed E-state index contributed by atoms with van der Waals surface area (Å²) in [6.45, 7) is 0. The van der Waals surface area contributed by atoms with Gasteiger partial charge in [-0.1, -0.05) is 0 Å². The van der Waals surface area contributed by atoms with E-state index in [9.17, 15) is 9.18 Å². The molecule has 0 aliphatic rings. The third-order valence-corrected chi connectivity index (χ3v) is 3.07. The van der Waals surface area contributed by atoms with Gasteiger partial charge in [-0.05, 0) is 36.4 Å². The molecule has 20 heavy (non-hydrogen) atoms. The molecule has 1 aromatic heterocycles. The Labute approximate surface area is 114 Å². The zero-order chi connectivity index (χ0) is 14.1. The molecule has 0 atom stereocenters. The number of hydrogen-bond acceptors (Lipinski definition) is 3. The second-order valence-corrected chi connectivity index (χ2v) is 4.34. The van der Waals surface area contributed by atoms with Gasteiger partial charge in [-0.2, -0.15) is 0 Å². The summed E-state index contributed by atoms with van der Waals surface area (Å²) in [4.78, 5) is 12.1. The highest BCUT2D eigenvalue weighted by Gasteiger charge is 2.08. The average molecular weight is 270 g/mol. The SMILES string of the molecule is COc1ccc2c(=O)cc(-c3ccc(F)cc3)oc2c1. The monoisotopic (exact) mass is 270 g/mol. The van der Waals surface area contributed by atoms with Gasteiger partial charge in [0.05, 0.1) is 12.5 Å². The van der Waals surface area contributed by atoms with Crippen LogP contribution in [0.15, 0.2) is 57.7 Å². The number of methoxy groups -OCH3 is 1. The molecule has 0 saturated carbocycles. The fourth-order valence-electron chi connectivity index (χ4n) is 2.02. The third-order valence-electron chi connectivity index (χ3n) is 3.07. The van der Waals surface area contributed by atoms with E-state index in [1.54, 1.807) is 37.4 Å². The van der Waals surface area contributed by atoms with Gasteiger partial charge >= 0.3 is 0 Å². The maximum Gasteiger partial charge on any atom is 0.193 e. The predicted molar refractivity (Wildman–Crippen MR) is 74.4 cm³/mol. The number of hydrogen-bond donors (Lipinski definition) is 0. The van der Waals surface area contributed by atoms with Gasteiger partial charge in [-0.15, -0.1) is 0 Å². The first-order chi connectivity index (χ1) is 9.67. The van der Waals surface area contributed by atoms with Crippen molar-refractivity contribution in [2.24, 2.45) is 0 Å². The second kappa shape index (κ2) is 4.81. The van der Waals surface area contributed by atoms with Gasteiger partial charge in [-0.3, -0.25) is 4.79 Å². The van der Waals surface area contributed by atoms with Crippen LogP contribution in [-0.2, 0) is 0 Å². The van der Waals surface area contributed by atoms with Gasteiger partial charge in [0.25, 0.3) is 0 Å². The molecule has 3 rings (SSSR count). The van der Waals surface area contributed by atoms with Crippen molar-refractivity contribution >= 4 is 11.0 Å². The van der Waals surface area contributed by atoms with Crippen molar-refractivity contribution in [1.82, 2.24) is 0 Å². The van der Waals surface area contributed by atoms with Crippen molar-refractivity contribution in [2.45, 2.75) is 0 Å². The number of fused-ring (bicyclic) bond motifs is 1. The van der Waals surface area contributed by atoms with Crippen LogP contribution in [0.1, 0.15) is 0 Å². The zero-order valence-corrected chi connectivity index (χ0v) is 10.7. The van der Waals surface area contributed by atoms with Crippen molar-refractivity contribution in [2.75, 3.05) is 7.11 Å². The summed E-state index contributed by atoms with van der Waals surface area (Å²) >= 11 is 0. The van der Waals surface area contributed by atoms with E-state index in [4.69, 9.17) is 9.15 Å². The molecule has 4 heteroatoms. The van der Waals surface area contributed by atoms with Crippen LogP contribution >= 0.6 is 0 Å². The summed E-state index contributed by atoms with van der Waals surface area (Å²) in [5.41, 5.74) is 0.942. The minimum Gasteiger partial charge on any atom is -0.497 e. The third kappa shape index (κ3) is 2.16. The van der Waals surface area contributed by atoms with E-state index in [2.05, 4.69) is 0 Å². The van der Waals surface area contributed by atoms with Crippen LogP contribution in [0.3, 0.4) is 0 Å². The largest absolute Gasteiger partial charge is 0.497 e. The quantitative estimate of drug-likeness (QED) is 0.714. The van der Waals surface area contributed by atoms with Crippen molar-refractivity contribution < 1.29 is 13.5 Å². The fourth-order valence-corrected chi connectivity index (χ4v) is 2.02. The van der Waals surface area contributed by atoms with Crippen molar-refractivity contribution in [3.63, 3.8) is 0 Å². The molecule has 0 saturated heterocycles.